The molecule has 0 aliphatic heterocycles. The SMILES string of the molecule is Cc1ccc(-c2ccc(NC=O)cc2)o1. The highest BCUT2D eigenvalue weighted by Gasteiger charge is 2.01. The molecule has 0 saturated heterocycles. The number of anilines is 1. The van der Waals surface area contributed by atoms with Gasteiger partial charge in [0.15, 0.2) is 0 Å². The van der Waals surface area contributed by atoms with Crippen molar-refractivity contribution in [2.75, 3.05) is 5.32 Å². The molecule has 0 spiro atoms. The number of hydrogen-bond acceptors (Lipinski definition) is 2. The van der Waals surface area contributed by atoms with Gasteiger partial charge in [-0.25, -0.2) is 0 Å². The molecule has 2 rings (SSSR count). The molecule has 1 aromatic heterocycles. The third kappa shape index (κ3) is 2.07. The van der Waals surface area contributed by atoms with Gasteiger partial charge < -0.3 is 9.73 Å². The molecule has 1 N–H and O–H groups in total. The zero-order valence-corrected chi connectivity index (χ0v) is 8.36. The number of benzene rings is 1. The Balaban J connectivity index is 2.27. The van der Waals surface area contributed by atoms with Crippen molar-refractivity contribution in [1.82, 2.24) is 0 Å². The van der Waals surface area contributed by atoms with Crippen molar-refractivity contribution >= 4 is 12.1 Å². The fraction of sp³-hybridized carbons (Fsp3) is 0.0833. The summed E-state index contributed by atoms with van der Waals surface area (Å²) in [5, 5.41) is 2.58. The van der Waals surface area contributed by atoms with E-state index >= 15 is 0 Å². The fourth-order valence-electron chi connectivity index (χ4n) is 1.39. The van der Waals surface area contributed by atoms with Gasteiger partial charge >= 0.3 is 0 Å². The van der Waals surface area contributed by atoms with Crippen LogP contribution in [0.4, 0.5) is 5.69 Å². The van der Waals surface area contributed by atoms with Crippen LogP contribution in [-0.4, -0.2) is 6.41 Å². The average molecular weight is 201 g/mol. The smallest absolute Gasteiger partial charge is 0.211 e. The van der Waals surface area contributed by atoms with E-state index in [4.69, 9.17) is 4.42 Å². The summed E-state index contributed by atoms with van der Waals surface area (Å²) in [5.74, 6) is 1.73. The Labute approximate surface area is 87.7 Å². The van der Waals surface area contributed by atoms with Gasteiger partial charge in [0.1, 0.15) is 11.5 Å². The van der Waals surface area contributed by atoms with Gasteiger partial charge in [0.05, 0.1) is 0 Å². The fourth-order valence-corrected chi connectivity index (χ4v) is 1.39. The summed E-state index contributed by atoms with van der Waals surface area (Å²) in [6, 6.07) is 11.3. The molecule has 15 heavy (non-hydrogen) atoms. The van der Waals surface area contributed by atoms with Gasteiger partial charge in [-0.2, -0.15) is 0 Å². The quantitative estimate of drug-likeness (QED) is 0.776. The lowest BCUT2D eigenvalue weighted by Gasteiger charge is -2.00. The van der Waals surface area contributed by atoms with Crippen LogP contribution in [0, 0.1) is 6.92 Å². The first-order chi connectivity index (χ1) is 7.29. The summed E-state index contributed by atoms with van der Waals surface area (Å²) >= 11 is 0. The van der Waals surface area contributed by atoms with Gasteiger partial charge in [-0.3, -0.25) is 4.79 Å². The Bertz CT molecular complexity index is 457. The maximum absolute atomic E-state index is 10.2. The average Bonchev–Trinajstić information content (AvgIpc) is 2.67. The standard InChI is InChI=1S/C12H11NO2/c1-9-2-7-12(15-9)10-3-5-11(6-4-10)13-8-14/h2-8H,1H3,(H,13,14). The molecule has 2 aromatic rings. The second-order valence-corrected chi connectivity index (χ2v) is 3.25. The molecule has 1 heterocycles. The third-order valence-corrected chi connectivity index (χ3v) is 2.14. The third-order valence-electron chi connectivity index (χ3n) is 2.14. The van der Waals surface area contributed by atoms with Gasteiger partial charge in [0.2, 0.25) is 6.41 Å². The van der Waals surface area contributed by atoms with Crippen LogP contribution in [0.5, 0.6) is 0 Å². The zero-order chi connectivity index (χ0) is 10.7. The van der Waals surface area contributed by atoms with E-state index in [2.05, 4.69) is 5.32 Å². The first-order valence-electron chi connectivity index (χ1n) is 4.66. The van der Waals surface area contributed by atoms with Gasteiger partial charge in [-0.05, 0) is 43.3 Å². The maximum Gasteiger partial charge on any atom is 0.211 e. The van der Waals surface area contributed by atoms with Crippen LogP contribution in [0.2, 0.25) is 0 Å². The lowest BCUT2D eigenvalue weighted by atomic mass is 10.1. The molecular formula is C12H11NO2. The van der Waals surface area contributed by atoms with Crippen molar-refractivity contribution in [3.05, 3.63) is 42.2 Å². The first kappa shape index (κ1) is 9.52. The van der Waals surface area contributed by atoms with E-state index < -0.39 is 0 Å². The van der Waals surface area contributed by atoms with Crippen LogP contribution < -0.4 is 5.32 Å². The van der Waals surface area contributed by atoms with Crippen LogP contribution in [0.3, 0.4) is 0 Å². The van der Waals surface area contributed by atoms with Gasteiger partial charge in [0, 0.05) is 11.3 Å². The Morgan fingerprint density at radius 3 is 2.40 bits per heavy atom. The van der Waals surface area contributed by atoms with E-state index in [0.29, 0.717) is 6.41 Å². The molecule has 0 saturated carbocycles. The van der Waals surface area contributed by atoms with Crippen LogP contribution >= 0.6 is 0 Å². The summed E-state index contributed by atoms with van der Waals surface area (Å²) in [6.45, 7) is 1.91. The van der Waals surface area contributed by atoms with Crippen molar-refractivity contribution < 1.29 is 9.21 Å². The number of amides is 1. The van der Waals surface area contributed by atoms with Crippen LogP contribution in [0.25, 0.3) is 11.3 Å². The highest BCUT2D eigenvalue weighted by atomic mass is 16.3. The molecular weight excluding hydrogens is 190 g/mol. The second-order valence-electron chi connectivity index (χ2n) is 3.25. The number of rotatable bonds is 3. The van der Waals surface area contributed by atoms with Crippen molar-refractivity contribution in [1.29, 1.82) is 0 Å². The number of carbonyl (C=O) groups is 1. The minimum Gasteiger partial charge on any atom is -0.461 e. The largest absolute Gasteiger partial charge is 0.461 e. The number of hydrogen-bond donors (Lipinski definition) is 1. The molecule has 3 nitrogen and oxygen atoms in total. The summed E-state index contributed by atoms with van der Waals surface area (Å²) in [7, 11) is 0. The Morgan fingerprint density at radius 1 is 1.13 bits per heavy atom. The normalized spacial score (nSPS) is 9.93. The molecule has 0 atom stereocenters. The predicted octanol–water partition coefficient (Wildman–Crippen LogP) is 2.82. The van der Waals surface area contributed by atoms with E-state index in [9.17, 15) is 4.79 Å². The van der Waals surface area contributed by atoms with Gasteiger partial charge in [0.25, 0.3) is 0 Å². The predicted molar refractivity (Wildman–Crippen MR) is 58.6 cm³/mol. The number of furan rings is 1. The Hall–Kier alpha value is -2.03. The molecule has 0 fully saturated rings. The first-order valence-corrected chi connectivity index (χ1v) is 4.66. The number of nitrogens with one attached hydrogen (secondary N) is 1. The summed E-state index contributed by atoms with van der Waals surface area (Å²) in [6.07, 6.45) is 0.659. The highest BCUT2D eigenvalue weighted by molar-refractivity contribution is 5.72. The van der Waals surface area contributed by atoms with Gasteiger partial charge in [-0.1, -0.05) is 0 Å². The monoisotopic (exact) mass is 201 g/mol. The molecule has 0 bridgehead atoms. The summed E-state index contributed by atoms with van der Waals surface area (Å²) in [5.41, 5.74) is 1.77. The lowest BCUT2D eigenvalue weighted by Crippen LogP contribution is -1.92. The minimum absolute atomic E-state index is 0.659. The van der Waals surface area contributed by atoms with Crippen LogP contribution in [0.1, 0.15) is 5.76 Å². The van der Waals surface area contributed by atoms with Crippen LogP contribution in [-0.2, 0) is 4.79 Å². The molecule has 3 heteroatoms. The van der Waals surface area contributed by atoms with E-state index in [0.717, 1.165) is 22.8 Å². The minimum atomic E-state index is 0.659. The molecule has 76 valence electrons. The summed E-state index contributed by atoms with van der Waals surface area (Å²) in [4.78, 5) is 10.2. The number of aryl methyl sites for hydroxylation is 1. The molecule has 0 unspecified atom stereocenters. The Kier molecular flexibility index (Phi) is 2.54. The second kappa shape index (κ2) is 4.00. The Morgan fingerprint density at radius 2 is 1.87 bits per heavy atom. The van der Waals surface area contributed by atoms with Crippen LogP contribution in [0.15, 0.2) is 40.8 Å². The maximum atomic E-state index is 10.2. The van der Waals surface area contributed by atoms with Crippen molar-refractivity contribution in [2.45, 2.75) is 6.92 Å². The van der Waals surface area contributed by atoms with Crippen molar-refractivity contribution in [2.24, 2.45) is 0 Å². The van der Waals surface area contributed by atoms with E-state index in [1.165, 1.54) is 0 Å². The van der Waals surface area contributed by atoms with E-state index in [-0.39, 0.29) is 0 Å². The van der Waals surface area contributed by atoms with E-state index in [1.807, 2.05) is 43.3 Å². The van der Waals surface area contributed by atoms with E-state index in [1.54, 1.807) is 0 Å². The molecule has 0 aliphatic rings. The van der Waals surface area contributed by atoms with Crippen molar-refractivity contribution in [3.8, 4) is 11.3 Å². The molecule has 1 aromatic carbocycles. The molecule has 1 amide bonds. The molecule has 0 radical (unpaired) electrons. The van der Waals surface area contributed by atoms with Crippen molar-refractivity contribution in [3.63, 3.8) is 0 Å². The molecule has 0 aliphatic carbocycles. The highest BCUT2D eigenvalue weighted by Crippen LogP contribution is 2.23. The zero-order valence-electron chi connectivity index (χ0n) is 8.36. The van der Waals surface area contributed by atoms with Gasteiger partial charge in [-0.15, -0.1) is 0 Å². The summed E-state index contributed by atoms with van der Waals surface area (Å²) < 4.78 is 5.48. The topological polar surface area (TPSA) is 42.2 Å². The lowest BCUT2D eigenvalue weighted by molar-refractivity contribution is -0.105. The number of carbonyl (C=O) groups excluding carboxylic acids is 1.